The zero-order valence-corrected chi connectivity index (χ0v) is 21.1. The number of hydrogen-bond donors (Lipinski definition) is 5. The van der Waals surface area contributed by atoms with Gasteiger partial charge in [0, 0.05) is 19.4 Å². The summed E-state index contributed by atoms with van der Waals surface area (Å²) in [7, 11) is 0. The van der Waals surface area contributed by atoms with Gasteiger partial charge in [-0.25, -0.2) is 4.79 Å². The number of carbonyl (C=O) groups is 4. The van der Waals surface area contributed by atoms with Crippen molar-refractivity contribution in [3.8, 4) is 5.75 Å². The Morgan fingerprint density at radius 3 is 2.24 bits per heavy atom. The fourth-order valence-corrected chi connectivity index (χ4v) is 5.07. The van der Waals surface area contributed by atoms with E-state index in [1.807, 2.05) is 30.3 Å². The van der Waals surface area contributed by atoms with E-state index in [2.05, 4.69) is 16.0 Å². The molecule has 4 atom stereocenters. The Morgan fingerprint density at radius 1 is 0.895 bits per heavy atom. The van der Waals surface area contributed by atoms with Gasteiger partial charge < -0.3 is 31.1 Å². The molecule has 2 saturated heterocycles. The van der Waals surface area contributed by atoms with Gasteiger partial charge in [0.2, 0.25) is 17.7 Å². The lowest BCUT2D eigenvalue weighted by Crippen LogP contribution is -2.58. The van der Waals surface area contributed by atoms with E-state index in [4.69, 9.17) is 0 Å². The van der Waals surface area contributed by atoms with E-state index in [0.717, 1.165) is 18.5 Å². The molecule has 4 unspecified atom stereocenters. The molecule has 38 heavy (non-hydrogen) atoms. The Bertz CT molecular complexity index is 1130. The lowest BCUT2D eigenvalue weighted by molar-refractivity contribution is -0.149. The number of likely N-dealkylation sites (tertiary alicyclic amines) is 1. The number of aliphatic carboxylic acids is 1. The normalized spacial score (nSPS) is 20.5. The first-order chi connectivity index (χ1) is 18.3. The van der Waals surface area contributed by atoms with Gasteiger partial charge in [-0.2, -0.15) is 0 Å². The predicted octanol–water partition coefficient (Wildman–Crippen LogP) is 0.975. The van der Waals surface area contributed by atoms with Crippen molar-refractivity contribution in [2.45, 2.75) is 62.7 Å². The monoisotopic (exact) mass is 522 g/mol. The second kappa shape index (κ2) is 12.6. The lowest BCUT2D eigenvalue weighted by atomic mass is 10.0. The number of amides is 3. The summed E-state index contributed by atoms with van der Waals surface area (Å²) in [6.07, 6.45) is 2.79. The highest BCUT2D eigenvalue weighted by molar-refractivity contribution is 5.94. The average molecular weight is 523 g/mol. The molecule has 2 heterocycles. The van der Waals surface area contributed by atoms with Gasteiger partial charge in [-0.15, -0.1) is 0 Å². The molecule has 0 spiro atoms. The predicted molar refractivity (Wildman–Crippen MR) is 139 cm³/mol. The molecule has 2 aromatic carbocycles. The summed E-state index contributed by atoms with van der Waals surface area (Å²) in [5, 5.41) is 28.1. The van der Waals surface area contributed by atoms with Crippen LogP contribution in [0, 0.1) is 0 Å². The Kier molecular flexibility index (Phi) is 8.96. The smallest absolute Gasteiger partial charge is 0.326 e. The number of carbonyl (C=O) groups excluding carboxylic acids is 3. The zero-order chi connectivity index (χ0) is 27.1. The van der Waals surface area contributed by atoms with E-state index in [0.29, 0.717) is 24.8 Å². The van der Waals surface area contributed by atoms with E-state index in [9.17, 15) is 29.4 Å². The summed E-state index contributed by atoms with van der Waals surface area (Å²) in [5.41, 5.74) is 1.53. The van der Waals surface area contributed by atoms with Gasteiger partial charge in [0.25, 0.3) is 0 Å². The Balaban J connectivity index is 1.56. The number of hydrogen-bond acceptors (Lipinski definition) is 6. The highest BCUT2D eigenvalue weighted by Gasteiger charge is 2.38. The standard InChI is InChI=1S/C28H34N4O6/c33-20-12-10-19(11-13-20)17-23(27(36)32-15-5-9-24(32)28(37)38)31-26(35)22(16-18-6-2-1-3-7-18)30-25(34)21-8-4-14-29-21/h1-3,6-7,10-13,21-24,29,33H,4-5,8-9,14-17H2,(H,30,34)(H,31,35)(H,37,38). The quantitative estimate of drug-likeness (QED) is 0.312. The van der Waals surface area contributed by atoms with Crippen molar-refractivity contribution in [3.63, 3.8) is 0 Å². The number of phenolic OH excluding ortho intramolecular Hbond substituents is 1. The second-order valence-corrected chi connectivity index (χ2v) is 9.86. The zero-order valence-electron chi connectivity index (χ0n) is 21.1. The summed E-state index contributed by atoms with van der Waals surface area (Å²) < 4.78 is 0. The maximum absolute atomic E-state index is 13.6. The molecule has 2 aliphatic heterocycles. The van der Waals surface area contributed by atoms with Gasteiger partial charge in [-0.1, -0.05) is 42.5 Å². The molecular formula is C28H34N4O6. The van der Waals surface area contributed by atoms with Crippen LogP contribution in [-0.2, 0) is 32.0 Å². The lowest BCUT2D eigenvalue weighted by Gasteiger charge is -2.29. The molecule has 2 fully saturated rings. The third kappa shape index (κ3) is 6.89. The number of nitrogens with zero attached hydrogens (tertiary/aromatic N) is 1. The highest BCUT2D eigenvalue weighted by atomic mass is 16.4. The fraction of sp³-hybridized carbons (Fsp3) is 0.429. The molecule has 0 radical (unpaired) electrons. The van der Waals surface area contributed by atoms with E-state index in [1.54, 1.807) is 12.1 Å². The van der Waals surface area contributed by atoms with Gasteiger partial charge in [-0.05, 0) is 55.5 Å². The first-order valence-electron chi connectivity index (χ1n) is 13.0. The molecule has 4 rings (SSSR count). The number of rotatable bonds is 10. The van der Waals surface area contributed by atoms with Crippen LogP contribution in [0.25, 0.3) is 0 Å². The number of benzene rings is 2. The molecule has 10 heteroatoms. The summed E-state index contributed by atoms with van der Waals surface area (Å²) in [6.45, 7) is 1.02. The Labute approximate surface area is 221 Å². The van der Waals surface area contributed by atoms with Crippen molar-refractivity contribution in [2.24, 2.45) is 0 Å². The minimum Gasteiger partial charge on any atom is -0.508 e. The number of aromatic hydroxyl groups is 1. The molecule has 2 aliphatic rings. The van der Waals surface area contributed by atoms with Gasteiger partial charge in [0.05, 0.1) is 6.04 Å². The Hall–Kier alpha value is -3.92. The maximum Gasteiger partial charge on any atom is 0.326 e. The number of nitrogens with one attached hydrogen (secondary N) is 3. The number of carboxylic acid groups (broad SMARTS) is 1. The summed E-state index contributed by atoms with van der Waals surface area (Å²) in [5.74, 6) is -2.30. The summed E-state index contributed by atoms with van der Waals surface area (Å²) in [4.78, 5) is 53.2. The molecule has 0 aliphatic carbocycles. The van der Waals surface area contributed by atoms with Crippen LogP contribution in [0.2, 0.25) is 0 Å². The minimum atomic E-state index is -1.08. The van der Waals surface area contributed by atoms with Gasteiger partial charge in [0.1, 0.15) is 23.9 Å². The Morgan fingerprint density at radius 2 is 1.58 bits per heavy atom. The molecule has 0 aromatic heterocycles. The first-order valence-corrected chi connectivity index (χ1v) is 13.0. The van der Waals surface area contributed by atoms with Gasteiger partial charge in [-0.3, -0.25) is 14.4 Å². The number of carboxylic acids is 1. The average Bonchev–Trinajstić information content (AvgIpc) is 3.62. The fourth-order valence-electron chi connectivity index (χ4n) is 5.07. The van der Waals surface area contributed by atoms with Crippen molar-refractivity contribution in [1.29, 1.82) is 0 Å². The van der Waals surface area contributed by atoms with Crippen LogP contribution in [0.15, 0.2) is 54.6 Å². The van der Waals surface area contributed by atoms with Crippen LogP contribution in [-0.4, -0.2) is 76.1 Å². The molecule has 10 nitrogen and oxygen atoms in total. The summed E-state index contributed by atoms with van der Waals surface area (Å²) in [6, 6.07) is 12.2. The van der Waals surface area contributed by atoms with E-state index < -0.39 is 35.9 Å². The van der Waals surface area contributed by atoms with Crippen LogP contribution in [0.5, 0.6) is 5.75 Å². The van der Waals surface area contributed by atoms with Gasteiger partial charge >= 0.3 is 5.97 Å². The van der Waals surface area contributed by atoms with Crippen LogP contribution in [0.3, 0.4) is 0 Å². The van der Waals surface area contributed by atoms with E-state index in [-0.39, 0.29) is 37.1 Å². The summed E-state index contributed by atoms with van der Waals surface area (Å²) >= 11 is 0. The van der Waals surface area contributed by atoms with Crippen LogP contribution < -0.4 is 16.0 Å². The van der Waals surface area contributed by atoms with Crippen molar-refractivity contribution >= 4 is 23.7 Å². The van der Waals surface area contributed by atoms with Crippen molar-refractivity contribution < 1.29 is 29.4 Å². The minimum absolute atomic E-state index is 0.0669. The molecule has 3 amide bonds. The second-order valence-electron chi connectivity index (χ2n) is 9.86. The van der Waals surface area contributed by atoms with Gasteiger partial charge in [0.15, 0.2) is 0 Å². The topological polar surface area (TPSA) is 148 Å². The number of phenols is 1. The molecule has 2 aromatic rings. The molecule has 0 bridgehead atoms. The third-order valence-corrected chi connectivity index (χ3v) is 7.10. The van der Waals surface area contributed by atoms with Crippen LogP contribution in [0.1, 0.15) is 36.8 Å². The van der Waals surface area contributed by atoms with E-state index >= 15 is 0 Å². The molecule has 5 N–H and O–H groups in total. The van der Waals surface area contributed by atoms with Crippen molar-refractivity contribution in [3.05, 3.63) is 65.7 Å². The third-order valence-electron chi connectivity index (χ3n) is 7.10. The SMILES string of the molecule is O=C(NC(Cc1ccccc1)C(=O)NC(Cc1ccc(O)cc1)C(=O)N1CCCC1C(=O)O)C1CCCN1. The van der Waals surface area contributed by atoms with E-state index in [1.165, 1.54) is 17.0 Å². The van der Waals surface area contributed by atoms with Crippen molar-refractivity contribution in [1.82, 2.24) is 20.9 Å². The molecule has 202 valence electrons. The van der Waals surface area contributed by atoms with Crippen LogP contribution in [0.4, 0.5) is 0 Å². The molecule has 0 saturated carbocycles. The van der Waals surface area contributed by atoms with Crippen molar-refractivity contribution in [2.75, 3.05) is 13.1 Å². The van der Waals surface area contributed by atoms with Crippen LogP contribution >= 0.6 is 0 Å². The first kappa shape index (κ1) is 27.1. The maximum atomic E-state index is 13.6. The molecular weight excluding hydrogens is 488 g/mol. The highest BCUT2D eigenvalue weighted by Crippen LogP contribution is 2.20. The largest absolute Gasteiger partial charge is 0.508 e.